The fraction of sp³-hybridized carbons (Fsp3) is 1.00. The number of epoxide rings is 1. The zero-order valence-corrected chi connectivity index (χ0v) is 10.9. The van der Waals surface area contributed by atoms with Crippen LogP contribution in [0.2, 0.25) is 6.04 Å². The SMILES string of the molecule is COC[SiH](CCCOCC1CO1)COC. The minimum absolute atomic E-state index is 0.385. The first-order valence-corrected chi connectivity index (χ1v) is 7.99. The van der Waals surface area contributed by atoms with Gasteiger partial charge in [-0.2, -0.15) is 0 Å². The Morgan fingerprint density at radius 3 is 2.47 bits per heavy atom. The molecule has 0 amide bonds. The van der Waals surface area contributed by atoms with Gasteiger partial charge in [0, 0.05) is 33.3 Å². The van der Waals surface area contributed by atoms with Gasteiger partial charge < -0.3 is 18.9 Å². The summed E-state index contributed by atoms with van der Waals surface area (Å²) in [6.45, 7) is 2.49. The maximum atomic E-state index is 5.48. The Labute approximate surface area is 93.4 Å². The van der Waals surface area contributed by atoms with Crippen LogP contribution in [0.4, 0.5) is 0 Å². The lowest BCUT2D eigenvalue weighted by atomic mass is 10.5. The number of ether oxygens (including phenoxy) is 4. The molecule has 1 aliphatic rings. The van der Waals surface area contributed by atoms with Gasteiger partial charge in [0.05, 0.1) is 22.0 Å². The maximum absolute atomic E-state index is 5.48. The van der Waals surface area contributed by atoms with E-state index in [2.05, 4.69) is 0 Å². The molecule has 4 nitrogen and oxygen atoms in total. The van der Waals surface area contributed by atoms with Crippen LogP contribution in [0.15, 0.2) is 0 Å². The van der Waals surface area contributed by atoms with Gasteiger partial charge in [0.15, 0.2) is 0 Å². The summed E-state index contributed by atoms with van der Waals surface area (Å²) >= 11 is 0. The molecule has 0 N–H and O–H groups in total. The summed E-state index contributed by atoms with van der Waals surface area (Å²) in [7, 11) is 2.68. The molecule has 90 valence electrons. The second-order valence-corrected chi connectivity index (χ2v) is 6.93. The van der Waals surface area contributed by atoms with Crippen molar-refractivity contribution >= 4 is 8.80 Å². The summed E-state index contributed by atoms with van der Waals surface area (Å²) in [5.41, 5.74) is 0. The molecule has 1 heterocycles. The number of hydrogen-bond donors (Lipinski definition) is 0. The molecule has 0 aromatic carbocycles. The monoisotopic (exact) mass is 234 g/mol. The van der Waals surface area contributed by atoms with Gasteiger partial charge in [0.1, 0.15) is 6.10 Å². The second-order valence-electron chi connectivity index (χ2n) is 3.95. The third kappa shape index (κ3) is 7.02. The van der Waals surface area contributed by atoms with Crippen molar-refractivity contribution in [1.29, 1.82) is 0 Å². The predicted octanol–water partition coefficient (Wildman–Crippen LogP) is 0.390. The molecule has 5 heteroatoms. The molecule has 0 spiro atoms. The zero-order valence-electron chi connectivity index (χ0n) is 9.74. The molecule has 1 aliphatic heterocycles. The first kappa shape index (κ1) is 13.1. The average molecular weight is 234 g/mol. The van der Waals surface area contributed by atoms with Crippen molar-refractivity contribution in [2.24, 2.45) is 0 Å². The van der Waals surface area contributed by atoms with Crippen LogP contribution in [0.3, 0.4) is 0 Å². The molecule has 1 rings (SSSR count). The summed E-state index contributed by atoms with van der Waals surface area (Å²) in [5.74, 6) is 0. The Morgan fingerprint density at radius 1 is 1.27 bits per heavy atom. The normalized spacial score (nSPS) is 19.8. The molecule has 0 aromatic rings. The predicted molar refractivity (Wildman–Crippen MR) is 60.9 cm³/mol. The Bertz CT molecular complexity index is 146. The summed E-state index contributed by atoms with van der Waals surface area (Å²) < 4.78 is 20.9. The fourth-order valence-electron chi connectivity index (χ4n) is 1.54. The lowest BCUT2D eigenvalue weighted by Crippen LogP contribution is -2.26. The van der Waals surface area contributed by atoms with Gasteiger partial charge in [-0.3, -0.25) is 0 Å². The van der Waals surface area contributed by atoms with Crippen molar-refractivity contribution in [3.63, 3.8) is 0 Å². The van der Waals surface area contributed by atoms with Crippen LogP contribution in [0, 0.1) is 0 Å². The highest BCUT2D eigenvalue weighted by Gasteiger charge is 2.22. The van der Waals surface area contributed by atoms with Gasteiger partial charge in [-0.15, -0.1) is 0 Å². The van der Waals surface area contributed by atoms with Crippen LogP contribution in [0.1, 0.15) is 6.42 Å². The van der Waals surface area contributed by atoms with E-state index in [1.807, 2.05) is 0 Å². The van der Waals surface area contributed by atoms with E-state index < -0.39 is 8.80 Å². The van der Waals surface area contributed by atoms with Crippen LogP contribution in [0.25, 0.3) is 0 Å². The summed E-state index contributed by atoms with van der Waals surface area (Å²) in [5, 5.41) is 0. The van der Waals surface area contributed by atoms with Gasteiger partial charge in [-0.25, -0.2) is 0 Å². The number of hydrogen-bond acceptors (Lipinski definition) is 4. The van der Waals surface area contributed by atoms with Crippen molar-refractivity contribution in [2.45, 2.75) is 18.6 Å². The molecule has 0 bridgehead atoms. The van der Waals surface area contributed by atoms with Gasteiger partial charge in [-0.1, -0.05) is 6.04 Å². The molecule has 0 radical (unpaired) electrons. The molecule has 1 fully saturated rings. The van der Waals surface area contributed by atoms with E-state index in [1.54, 1.807) is 14.2 Å². The first-order chi connectivity index (χ1) is 7.36. The van der Waals surface area contributed by atoms with Crippen LogP contribution in [-0.2, 0) is 18.9 Å². The molecule has 0 saturated carbocycles. The third-order valence-electron chi connectivity index (χ3n) is 2.41. The maximum Gasteiger partial charge on any atom is 0.104 e. The third-order valence-corrected chi connectivity index (χ3v) is 5.25. The van der Waals surface area contributed by atoms with Crippen LogP contribution < -0.4 is 0 Å². The summed E-state index contributed by atoms with van der Waals surface area (Å²) in [4.78, 5) is 0. The van der Waals surface area contributed by atoms with Gasteiger partial charge >= 0.3 is 0 Å². The molecule has 15 heavy (non-hydrogen) atoms. The quantitative estimate of drug-likeness (QED) is 0.311. The topological polar surface area (TPSA) is 40.2 Å². The summed E-state index contributed by atoms with van der Waals surface area (Å²) in [6.07, 6.45) is 3.31. The second kappa shape index (κ2) is 8.24. The van der Waals surface area contributed by atoms with E-state index in [-0.39, 0.29) is 0 Å². The van der Waals surface area contributed by atoms with Gasteiger partial charge in [-0.05, 0) is 6.42 Å². The standard InChI is InChI=1S/C10H22O4Si/c1-11-8-15(9-12-2)5-3-4-13-6-10-7-14-10/h10,15H,3-9H2,1-2H3. The average Bonchev–Trinajstić information content (AvgIpc) is 3.02. The highest BCUT2D eigenvalue weighted by Crippen LogP contribution is 2.09. The summed E-state index contributed by atoms with van der Waals surface area (Å²) in [6, 6.07) is 1.23. The van der Waals surface area contributed by atoms with Crippen LogP contribution in [-0.4, -0.2) is 61.4 Å². The molecular weight excluding hydrogens is 212 g/mol. The Balaban J connectivity index is 1.89. The van der Waals surface area contributed by atoms with Gasteiger partial charge in [0.2, 0.25) is 0 Å². The van der Waals surface area contributed by atoms with E-state index in [0.29, 0.717) is 6.10 Å². The lowest BCUT2D eigenvalue weighted by Gasteiger charge is -2.12. The number of rotatable bonds is 10. The Kier molecular flexibility index (Phi) is 7.21. The van der Waals surface area contributed by atoms with Crippen LogP contribution >= 0.6 is 0 Å². The van der Waals surface area contributed by atoms with Gasteiger partial charge in [0.25, 0.3) is 0 Å². The minimum Gasteiger partial charge on any atom is -0.388 e. The van der Waals surface area contributed by atoms with E-state index in [0.717, 1.165) is 38.7 Å². The zero-order chi connectivity index (χ0) is 10.9. The van der Waals surface area contributed by atoms with E-state index in [1.165, 1.54) is 6.04 Å². The van der Waals surface area contributed by atoms with E-state index >= 15 is 0 Å². The Hall–Kier alpha value is 0.0569. The first-order valence-electron chi connectivity index (χ1n) is 5.54. The smallest absolute Gasteiger partial charge is 0.104 e. The molecule has 0 aliphatic carbocycles. The fourth-order valence-corrected chi connectivity index (χ4v) is 3.66. The molecule has 0 aromatic heterocycles. The van der Waals surface area contributed by atoms with Crippen molar-refractivity contribution in [3.05, 3.63) is 0 Å². The Morgan fingerprint density at radius 2 is 1.93 bits per heavy atom. The van der Waals surface area contributed by atoms with Crippen molar-refractivity contribution in [2.75, 3.05) is 46.5 Å². The molecular formula is C10H22O4Si. The lowest BCUT2D eigenvalue weighted by molar-refractivity contribution is 0.116. The molecule has 1 atom stereocenters. The minimum atomic E-state index is -0.841. The molecule has 1 saturated heterocycles. The highest BCUT2D eigenvalue weighted by molar-refractivity contribution is 6.58. The van der Waals surface area contributed by atoms with E-state index in [9.17, 15) is 0 Å². The number of methoxy groups -OCH3 is 2. The van der Waals surface area contributed by atoms with Crippen molar-refractivity contribution in [1.82, 2.24) is 0 Å². The largest absolute Gasteiger partial charge is 0.388 e. The van der Waals surface area contributed by atoms with Crippen molar-refractivity contribution < 1.29 is 18.9 Å². The molecule has 1 unspecified atom stereocenters. The van der Waals surface area contributed by atoms with Crippen LogP contribution in [0.5, 0.6) is 0 Å². The highest BCUT2D eigenvalue weighted by atomic mass is 28.3. The van der Waals surface area contributed by atoms with E-state index in [4.69, 9.17) is 18.9 Å². The van der Waals surface area contributed by atoms with Crippen molar-refractivity contribution in [3.8, 4) is 0 Å².